The Morgan fingerprint density at radius 2 is 2.06 bits per heavy atom. The highest BCUT2D eigenvalue weighted by Crippen LogP contribution is 2.24. The fraction of sp³-hybridized carbons (Fsp3) is 0.750. The van der Waals surface area contributed by atoms with Crippen LogP contribution in [0.2, 0.25) is 0 Å². The van der Waals surface area contributed by atoms with Gasteiger partial charge in [-0.1, -0.05) is 27.2 Å². The van der Waals surface area contributed by atoms with Crippen molar-refractivity contribution in [2.75, 3.05) is 6.54 Å². The lowest BCUT2D eigenvalue weighted by Crippen LogP contribution is -2.27. The van der Waals surface area contributed by atoms with Gasteiger partial charge in [-0.05, 0) is 19.4 Å². The van der Waals surface area contributed by atoms with Gasteiger partial charge in [-0.3, -0.25) is 0 Å². The normalized spacial score (nSPS) is 21.6. The molecule has 0 radical (unpaired) electrons. The Balaban J connectivity index is 0.00000128. The molecule has 0 amide bonds. The topological polar surface area (TPSA) is 40.7 Å². The monoisotopic (exact) mass is 243 g/mol. The number of piperidine rings is 1. The van der Waals surface area contributed by atoms with E-state index in [1.54, 1.807) is 0 Å². The molecule has 1 fully saturated rings. The third kappa shape index (κ3) is 2.98. The number of aromatic nitrogens is 2. The Labute approximate surface area is 104 Å². The summed E-state index contributed by atoms with van der Waals surface area (Å²) < 4.78 is 0. The maximum Gasteiger partial charge on any atom is 0.123 e. The van der Waals surface area contributed by atoms with Gasteiger partial charge in [-0.15, -0.1) is 12.4 Å². The first kappa shape index (κ1) is 13.5. The van der Waals surface area contributed by atoms with Gasteiger partial charge >= 0.3 is 0 Å². The van der Waals surface area contributed by atoms with Crippen LogP contribution in [-0.4, -0.2) is 16.5 Å². The first-order chi connectivity index (χ1) is 7.07. The molecule has 0 aliphatic carbocycles. The number of nitrogens with one attached hydrogen (secondary N) is 2. The van der Waals surface area contributed by atoms with Crippen molar-refractivity contribution in [3.63, 3.8) is 0 Å². The van der Waals surface area contributed by atoms with Crippen LogP contribution < -0.4 is 5.32 Å². The first-order valence-electron chi connectivity index (χ1n) is 5.86. The summed E-state index contributed by atoms with van der Waals surface area (Å²) in [6.45, 7) is 7.74. The second-order valence-corrected chi connectivity index (χ2v) is 5.43. The van der Waals surface area contributed by atoms with E-state index in [0.717, 1.165) is 12.4 Å². The summed E-state index contributed by atoms with van der Waals surface area (Å²) in [6.07, 6.45) is 5.79. The predicted molar refractivity (Wildman–Crippen MR) is 69.1 cm³/mol. The van der Waals surface area contributed by atoms with Gasteiger partial charge in [0.15, 0.2) is 0 Å². The van der Waals surface area contributed by atoms with E-state index in [4.69, 9.17) is 0 Å². The molecule has 0 saturated carbocycles. The maximum absolute atomic E-state index is 4.49. The minimum atomic E-state index is 0. The molecule has 92 valence electrons. The van der Waals surface area contributed by atoms with E-state index in [1.165, 1.54) is 25.0 Å². The van der Waals surface area contributed by atoms with Crippen LogP contribution >= 0.6 is 12.4 Å². The average Bonchev–Trinajstić information content (AvgIpc) is 2.67. The van der Waals surface area contributed by atoms with Crippen molar-refractivity contribution in [2.45, 2.75) is 51.5 Å². The Morgan fingerprint density at radius 1 is 1.31 bits per heavy atom. The summed E-state index contributed by atoms with van der Waals surface area (Å²) in [5.41, 5.74) is 1.39. The molecule has 1 unspecified atom stereocenters. The SMILES string of the molecule is CC(C)(C)c1cnc(C2CCCCN2)[nH]1.Cl. The maximum atomic E-state index is 4.49. The minimum Gasteiger partial charge on any atom is -0.344 e. The third-order valence-corrected chi connectivity index (χ3v) is 3.04. The molecule has 0 spiro atoms. The van der Waals surface area contributed by atoms with Crippen LogP contribution in [0.3, 0.4) is 0 Å². The Hall–Kier alpha value is -0.540. The number of halogens is 1. The highest BCUT2D eigenvalue weighted by molar-refractivity contribution is 5.85. The number of hydrogen-bond acceptors (Lipinski definition) is 2. The summed E-state index contributed by atoms with van der Waals surface area (Å²) in [7, 11) is 0. The van der Waals surface area contributed by atoms with Gasteiger partial charge < -0.3 is 10.3 Å². The molecule has 4 heteroatoms. The van der Waals surface area contributed by atoms with Crippen LogP contribution in [-0.2, 0) is 5.41 Å². The van der Waals surface area contributed by atoms with E-state index in [2.05, 4.69) is 36.1 Å². The van der Waals surface area contributed by atoms with E-state index in [0.29, 0.717) is 6.04 Å². The van der Waals surface area contributed by atoms with E-state index in [1.807, 2.05) is 6.20 Å². The standard InChI is InChI=1S/C12H21N3.ClH/c1-12(2,3)10-8-14-11(15-10)9-6-4-5-7-13-9;/h8-9,13H,4-7H2,1-3H3,(H,14,15);1H. The van der Waals surface area contributed by atoms with Gasteiger partial charge in [0.1, 0.15) is 5.82 Å². The summed E-state index contributed by atoms with van der Waals surface area (Å²) in [6, 6.07) is 0.440. The molecule has 1 aromatic heterocycles. The number of aromatic amines is 1. The number of imidazole rings is 1. The number of hydrogen-bond donors (Lipinski definition) is 2. The molecule has 1 aliphatic heterocycles. The highest BCUT2D eigenvalue weighted by atomic mass is 35.5. The lowest BCUT2D eigenvalue weighted by Gasteiger charge is -2.22. The quantitative estimate of drug-likeness (QED) is 0.796. The van der Waals surface area contributed by atoms with Crippen molar-refractivity contribution in [2.24, 2.45) is 0 Å². The molecule has 3 nitrogen and oxygen atoms in total. The van der Waals surface area contributed by atoms with Gasteiger partial charge in [0.25, 0.3) is 0 Å². The zero-order chi connectivity index (χ0) is 10.9. The number of nitrogens with zero attached hydrogens (tertiary/aromatic N) is 1. The molecule has 2 N–H and O–H groups in total. The lowest BCUT2D eigenvalue weighted by molar-refractivity contribution is 0.398. The summed E-state index contributed by atoms with van der Waals surface area (Å²) >= 11 is 0. The van der Waals surface area contributed by atoms with Gasteiger partial charge in [0.2, 0.25) is 0 Å². The summed E-state index contributed by atoms with van der Waals surface area (Å²) in [5, 5.41) is 3.51. The molecule has 16 heavy (non-hydrogen) atoms. The van der Waals surface area contributed by atoms with Gasteiger partial charge in [0, 0.05) is 17.3 Å². The molecule has 1 atom stereocenters. The molecule has 1 aromatic rings. The fourth-order valence-electron chi connectivity index (χ4n) is 1.98. The average molecular weight is 244 g/mol. The smallest absolute Gasteiger partial charge is 0.123 e. The second-order valence-electron chi connectivity index (χ2n) is 5.43. The minimum absolute atomic E-state index is 0. The molecule has 1 aliphatic rings. The second kappa shape index (κ2) is 5.19. The largest absolute Gasteiger partial charge is 0.344 e. The molecule has 2 rings (SSSR count). The first-order valence-corrected chi connectivity index (χ1v) is 5.86. The van der Waals surface area contributed by atoms with Gasteiger partial charge in [0.05, 0.1) is 6.04 Å². The Kier molecular flexibility index (Phi) is 4.39. The lowest BCUT2D eigenvalue weighted by atomic mass is 9.93. The van der Waals surface area contributed by atoms with Crippen LogP contribution in [0.1, 0.15) is 57.6 Å². The van der Waals surface area contributed by atoms with Crippen LogP contribution in [0.25, 0.3) is 0 Å². The van der Waals surface area contributed by atoms with Crippen molar-refractivity contribution < 1.29 is 0 Å². The van der Waals surface area contributed by atoms with E-state index in [9.17, 15) is 0 Å². The molecule has 0 aromatic carbocycles. The Morgan fingerprint density at radius 3 is 2.56 bits per heavy atom. The fourth-order valence-corrected chi connectivity index (χ4v) is 1.98. The third-order valence-electron chi connectivity index (χ3n) is 3.04. The van der Waals surface area contributed by atoms with Crippen LogP contribution in [0.4, 0.5) is 0 Å². The highest BCUT2D eigenvalue weighted by Gasteiger charge is 2.21. The van der Waals surface area contributed by atoms with Crippen LogP contribution in [0.15, 0.2) is 6.20 Å². The molecule has 1 saturated heterocycles. The van der Waals surface area contributed by atoms with Crippen LogP contribution in [0, 0.1) is 0 Å². The van der Waals surface area contributed by atoms with Crippen molar-refractivity contribution in [1.29, 1.82) is 0 Å². The molecular formula is C12H22ClN3. The van der Waals surface area contributed by atoms with Gasteiger partial charge in [-0.25, -0.2) is 4.98 Å². The summed E-state index contributed by atoms with van der Waals surface area (Å²) in [4.78, 5) is 7.94. The number of rotatable bonds is 1. The van der Waals surface area contributed by atoms with Crippen LogP contribution in [0.5, 0.6) is 0 Å². The van der Waals surface area contributed by atoms with E-state index >= 15 is 0 Å². The van der Waals surface area contributed by atoms with Crippen molar-refractivity contribution in [3.05, 3.63) is 17.7 Å². The van der Waals surface area contributed by atoms with Gasteiger partial charge in [-0.2, -0.15) is 0 Å². The van der Waals surface area contributed by atoms with Crippen molar-refractivity contribution >= 4 is 12.4 Å². The zero-order valence-corrected chi connectivity index (χ0v) is 11.2. The van der Waals surface area contributed by atoms with E-state index < -0.39 is 0 Å². The van der Waals surface area contributed by atoms with E-state index in [-0.39, 0.29) is 17.8 Å². The zero-order valence-electron chi connectivity index (χ0n) is 10.3. The number of H-pyrrole nitrogens is 1. The molecule has 0 bridgehead atoms. The Bertz CT molecular complexity index is 321. The molecule has 2 heterocycles. The predicted octanol–water partition coefficient (Wildman–Crippen LogP) is 2.94. The van der Waals surface area contributed by atoms with Crippen molar-refractivity contribution in [1.82, 2.24) is 15.3 Å². The summed E-state index contributed by atoms with van der Waals surface area (Å²) in [5.74, 6) is 1.11. The van der Waals surface area contributed by atoms with Crippen molar-refractivity contribution in [3.8, 4) is 0 Å². The molecular weight excluding hydrogens is 222 g/mol.